The summed E-state index contributed by atoms with van der Waals surface area (Å²) in [4.78, 5) is 26.4. The van der Waals surface area contributed by atoms with E-state index in [1.807, 2.05) is 31.2 Å². The van der Waals surface area contributed by atoms with Crippen molar-refractivity contribution in [1.29, 1.82) is 0 Å². The molecule has 2 aliphatic heterocycles. The summed E-state index contributed by atoms with van der Waals surface area (Å²) >= 11 is 0. The minimum atomic E-state index is -0.845. The van der Waals surface area contributed by atoms with E-state index in [1.165, 1.54) is 24.3 Å². The van der Waals surface area contributed by atoms with Gasteiger partial charge in [0, 0.05) is 0 Å². The average Bonchev–Trinajstić information content (AvgIpc) is 3.10. The fourth-order valence-corrected chi connectivity index (χ4v) is 3.20. The maximum atomic E-state index is 13.1. The first-order chi connectivity index (χ1) is 12.0. The zero-order chi connectivity index (χ0) is 17.6. The van der Waals surface area contributed by atoms with Crippen molar-refractivity contribution in [3.05, 3.63) is 65.5 Å². The summed E-state index contributed by atoms with van der Waals surface area (Å²) in [5, 5.41) is 9.55. The van der Waals surface area contributed by atoms with Crippen LogP contribution in [0.1, 0.15) is 11.1 Å². The monoisotopic (exact) mass is 338 g/mol. The Labute approximate surface area is 143 Å². The van der Waals surface area contributed by atoms with Crippen LogP contribution in [0.5, 0.6) is 0 Å². The van der Waals surface area contributed by atoms with E-state index in [0.29, 0.717) is 12.2 Å². The lowest BCUT2D eigenvalue weighted by Crippen LogP contribution is -2.39. The lowest BCUT2D eigenvalue weighted by atomic mass is 10.1. The molecular formula is C18H15FN4O2. The minimum Gasteiger partial charge on any atom is -0.271 e. The van der Waals surface area contributed by atoms with E-state index in [4.69, 9.17) is 0 Å². The van der Waals surface area contributed by atoms with Gasteiger partial charge in [-0.25, -0.2) is 9.29 Å². The zero-order valence-electron chi connectivity index (χ0n) is 13.5. The molecule has 2 atom stereocenters. The Morgan fingerprint density at radius 1 is 1.08 bits per heavy atom. The number of imide groups is 1. The molecule has 0 radical (unpaired) electrons. The summed E-state index contributed by atoms with van der Waals surface area (Å²) in [6.45, 7) is 2.38. The van der Waals surface area contributed by atoms with Crippen molar-refractivity contribution in [2.45, 2.75) is 25.6 Å². The first-order valence-corrected chi connectivity index (χ1v) is 7.91. The summed E-state index contributed by atoms with van der Waals surface area (Å²) in [5.74, 6) is -1.25. The number of hydrogen-bond donors (Lipinski definition) is 0. The highest BCUT2D eigenvalue weighted by Gasteiger charge is 2.54. The van der Waals surface area contributed by atoms with E-state index in [2.05, 4.69) is 10.3 Å². The van der Waals surface area contributed by atoms with Gasteiger partial charge in [0.25, 0.3) is 11.8 Å². The van der Waals surface area contributed by atoms with E-state index in [-0.39, 0.29) is 5.91 Å². The number of carbonyl (C=O) groups excluding carboxylic acids is 2. The number of aryl methyl sites for hydroxylation is 1. The fraction of sp³-hybridized carbons (Fsp3) is 0.222. The number of amides is 2. The number of fused-ring (bicyclic) bond motifs is 1. The number of nitrogens with zero attached hydrogens (tertiary/aromatic N) is 4. The van der Waals surface area contributed by atoms with Gasteiger partial charge in [0.05, 0.1) is 12.2 Å². The summed E-state index contributed by atoms with van der Waals surface area (Å²) in [7, 11) is 0. The van der Waals surface area contributed by atoms with Crippen molar-refractivity contribution in [1.82, 2.24) is 5.01 Å². The molecule has 0 N–H and O–H groups in total. The van der Waals surface area contributed by atoms with Crippen molar-refractivity contribution in [2.24, 2.45) is 10.3 Å². The van der Waals surface area contributed by atoms with Gasteiger partial charge in [0.2, 0.25) is 0 Å². The lowest BCUT2D eigenvalue weighted by Gasteiger charge is -2.20. The highest BCUT2D eigenvalue weighted by molar-refractivity contribution is 6.25. The lowest BCUT2D eigenvalue weighted by molar-refractivity contribution is -0.123. The normalized spacial score (nSPS) is 22.0. The number of carbonyl (C=O) groups is 2. The van der Waals surface area contributed by atoms with E-state index in [1.54, 1.807) is 5.01 Å². The summed E-state index contributed by atoms with van der Waals surface area (Å²) in [6.07, 6.45) is 0. The van der Waals surface area contributed by atoms with Gasteiger partial charge in [0.15, 0.2) is 12.1 Å². The van der Waals surface area contributed by atoms with Crippen LogP contribution in [0.4, 0.5) is 10.1 Å². The Kier molecular flexibility index (Phi) is 3.56. The molecule has 7 heteroatoms. The standard InChI is InChI=1S/C18H15FN4O2/c1-11-3-2-4-12(9-11)10-22-16-15(20-21-22)17(24)23(18(16)25)14-7-5-13(19)6-8-14/h2-9,15-16H,10H2,1H3/t15-,16+/m0/s1. The number of benzene rings is 2. The second kappa shape index (κ2) is 5.77. The fourth-order valence-electron chi connectivity index (χ4n) is 3.20. The number of anilines is 1. The van der Waals surface area contributed by atoms with Crippen LogP contribution in [0.25, 0.3) is 0 Å². The summed E-state index contributed by atoms with van der Waals surface area (Å²) in [5.41, 5.74) is 2.43. The smallest absolute Gasteiger partial charge is 0.263 e. The highest BCUT2D eigenvalue weighted by atomic mass is 19.1. The van der Waals surface area contributed by atoms with Crippen molar-refractivity contribution in [2.75, 3.05) is 4.90 Å². The number of rotatable bonds is 3. The topological polar surface area (TPSA) is 65.3 Å². The first-order valence-electron chi connectivity index (χ1n) is 7.91. The van der Waals surface area contributed by atoms with Crippen LogP contribution in [-0.4, -0.2) is 28.9 Å². The maximum absolute atomic E-state index is 13.1. The van der Waals surface area contributed by atoms with E-state index in [0.717, 1.165) is 16.0 Å². The Hall–Kier alpha value is -3.09. The summed E-state index contributed by atoms with van der Waals surface area (Å²) in [6, 6.07) is 11.5. The van der Waals surface area contributed by atoms with Crippen LogP contribution in [-0.2, 0) is 16.1 Å². The molecule has 1 fully saturated rings. The third-order valence-corrected chi connectivity index (χ3v) is 4.37. The van der Waals surface area contributed by atoms with Gasteiger partial charge in [-0.05, 0) is 36.8 Å². The Morgan fingerprint density at radius 3 is 2.56 bits per heavy atom. The van der Waals surface area contributed by atoms with Crippen LogP contribution >= 0.6 is 0 Å². The Balaban J connectivity index is 1.60. The molecule has 0 unspecified atom stereocenters. The molecule has 126 valence electrons. The maximum Gasteiger partial charge on any atom is 0.263 e. The van der Waals surface area contributed by atoms with Crippen LogP contribution in [0.2, 0.25) is 0 Å². The largest absolute Gasteiger partial charge is 0.271 e. The molecule has 2 aliphatic rings. The predicted octanol–water partition coefficient (Wildman–Crippen LogP) is 2.63. The Morgan fingerprint density at radius 2 is 1.84 bits per heavy atom. The van der Waals surface area contributed by atoms with Crippen molar-refractivity contribution in [3.63, 3.8) is 0 Å². The molecule has 2 aromatic rings. The quantitative estimate of drug-likeness (QED) is 0.808. The van der Waals surface area contributed by atoms with Gasteiger partial charge >= 0.3 is 0 Å². The molecule has 0 spiro atoms. The van der Waals surface area contributed by atoms with Crippen LogP contribution in [0, 0.1) is 12.7 Å². The molecular weight excluding hydrogens is 323 g/mol. The third kappa shape index (κ3) is 2.57. The van der Waals surface area contributed by atoms with Crippen molar-refractivity contribution in [3.8, 4) is 0 Å². The zero-order valence-corrected chi connectivity index (χ0v) is 13.5. The van der Waals surface area contributed by atoms with Gasteiger partial charge in [-0.3, -0.25) is 14.6 Å². The van der Waals surface area contributed by atoms with Gasteiger partial charge in [-0.2, -0.15) is 5.11 Å². The van der Waals surface area contributed by atoms with E-state index < -0.39 is 23.8 Å². The molecule has 0 aromatic heterocycles. The van der Waals surface area contributed by atoms with Crippen molar-refractivity contribution >= 4 is 17.5 Å². The van der Waals surface area contributed by atoms with Crippen LogP contribution in [0.3, 0.4) is 0 Å². The highest BCUT2D eigenvalue weighted by Crippen LogP contribution is 2.32. The molecule has 0 bridgehead atoms. The van der Waals surface area contributed by atoms with Gasteiger partial charge < -0.3 is 0 Å². The van der Waals surface area contributed by atoms with Gasteiger partial charge in [-0.1, -0.05) is 35.1 Å². The van der Waals surface area contributed by atoms with E-state index in [9.17, 15) is 14.0 Å². The second-order valence-electron chi connectivity index (χ2n) is 6.17. The minimum absolute atomic E-state index is 0.344. The predicted molar refractivity (Wildman–Crippen MR) is 88.0 cm³/mol. The molecule has 2 amide bonds. The summed E-state index contributed by atoms with van der Waals surface area (Å²) < 4.78 is 13.1. The SMILES string of the molecule is Cc1cccc(CN2N=N[C@@H]3C(=O)N(c4ccc(F)cc4)C(=O)[C@@H]32)c1. The average molecular weight is 338 g/mol. The molecule has 1 saturated heterocycles. The number of halogens is 1. The molecule has 6 nitrogen and oxygen atoms in total. The van der Waals surface area contributed by atoms with Crippen LogP contribution in [0.15, 0.2) is 58.9 Å². The van der Waals surface area contributed by atoms with Crippen LogP contribution < -0.4 is 4.90 Å². The Bertz CT molecular complexity index is 881. The van der Waals surface area contributed by atoms with Gasteiger partial charge in [0.1, 0.15) is 5.82 Å². The first kappa shape index (κ1) is 15.4. The number of hydrogen-bond acceptors (Lipinski definition) is 5. The van der Waals surface area contributed by atoms with Crippen molar-refractivity contribution < 1.29 is 14.0 Å². The third-order valence-electron chi connectivity index (χ3n) is 4.37. The molecule has 0 saturated carbocycles. The van der Waals surface area contributed by atoms with Gasteiger partial charge in [-0.15, -0.1) is 0 Å². The molecule has 25 heavy (non-hydrogen) atoms. The molecule has 2 heterocycles. The molecule has 2 aromatic carbocycles. The molecule has 0 aliphatic carbocycles. The second-order valence-corrected chi connectivity index (χ2v) is 6.17. The molecule has 4 rings (SSSR count). The van der Waals surface area contributed by atoms with E-state index >= 15 is 0 Å².